The third kappa shape index (κ3) is 2.24. The molecular formula is C10H10BrN5O2. The molecule has 0 bridgehead atoms. The molecule has 0 unspecified atom stereocenters. The number of nitro groups is 1. The Hall–Kier alpha value is -1.80. The number of rotatable bonds is 3. The number of hydrogen-bond acceptors (Lipinski definition) is 5. The predicted octanol–water partition coefficient (Wildman–Crippen LogP) is 1.71. The number of halogens is 1. The zero-order valence-electron chi connectivity index (χ0n) is 9.50. The lowest BCUT2D eigenvalue weighted by Gasteiger charge is -2.06. The average molecular weight is 312 g/mol. The number of aromatic nitrogens is 3. The molecule has 8 heteroatoms. The molecule has 0 radical (unpaired) electrons. The summed E-state index contributed by atoms with van der Waals surface area (Å²) in [4.78, 5) is 10.6. The van der Waals surface area contributed by atoms with E-state index in [1.807, 2.05) is 0 Å². The first-order chi connectivity index (χ1) is 8.52. The van der Waals surface area contributed by atoms with Gasteiger partial charge in [0.25, 0.3) is 5.69 Å². The van der Waals surface area contributed by atoms with Crippen molar-refractivity contribution in [1.82, 2.24) is 15.0 Å². The van der Waals surface area contributed by atoms with Crippen LogP contribution >= 0.6 is 15.9 Å². The fourth-order valence-electron chi connectivity index (χ4n) is 1.58. The van der Waals surface area contributed by atoms with E-state index in [1.54, 1.807) is 19.2 Å². The van der Waals surface area contributed by atoms with Crippen molar-refractivity contribution in [1.29, 1.82) is 0 Å². The zero-order valence-corrected chi connectivity index (χ0v) is 11.1. The van der Waals surface area contributed by atoms with Crippen LogP contribution in [-0.2, 0) is 6.54 Å². The lowest BCUT2D eigenvalue weighted by Crippen LogP contribution is -2.03. The second kappa shape index (κ2) is 4.83. The molecule has 1 heterocycles. The maximum Gasteiger partial charge on any atom is 0.296 e. The van der Waals surface area contributed by atoms with Crippen LogP contribution in [0.3, 0.4) is 0 Å². The first-order valence-electron chi connectivity index (χ1n) is 5.09. The SMILES string of the molecule is Cc1cc(Br)c(-n2cc(CN)nn2)c([N+](=O)[O-])c1. The molecule has 0 aliphatic rings. The van der Waals surface area contributed by atoms with E-state index in [2.05, 4.69) is 26.2 Å². The summed E-state index contributed by atoms with van der Waals surface area (Å²) in [5, 5.41) is 18.7. The van der Waals surface area contributed by atoms with E-state index >= 15 is 0 Å². The summed E-state index contributed by atoms with van der Waals surface area (Å²) in [6, 6.07) is 3.27. The highest BCUT2D eigenvalue weighted by molar-refractivity contribution is 9.10. The molecule has 1 aromatic heterocycles. The molecule has 94 valence electrons. The maximum absolute atomic E-state index is 11.1. The highest BCUT2D eigenvalue weighted by atomic mass is 79.9. The minimum absolute atomic E-state index is 0.0321. The maximum atomic E-state index is 11.1. The molecular weight excluding hydrogens is 302 g/mol. The molecule has 1 aromatic carbocycles. The molecule has 2 aromatic rings. The highest BCUT2D eigenvalue weighted by Crippen LogP contribution is 2.31. The van der Waals surface area contributed by atoms with Crippen LogP contribution in [-0.4, -0.2) is 19.9 Å². The van der Waals surface area contributed by atoms with Crippen LogP contribution in [0.25, 0.3) is 5.69 Å². The number of hydrogen-bond donors (Lipinski definition) is 1. The molecule has 0 fully saturated rings. The molecule has 2 rings (SSSR count). The van der Waals surface area contributed by atoms with Crippen LogP contribution in [0.4, 0.5) is 5.69 Å². The fourth-order valence-corrected chi connectivity index (χ4v) is 2.33. The van der Waals surface area contributed by atoms with Crippen LogP contribution in [0.2, 0.25) is 0 Å². The van der Waals surface area contributed by atoms with E-state index < -0.39 is 4.92 Å². The molecule has 0 amide bonds. The summed E-state index contributed by atoms with van der Waals surface area (Å²) in [6.45, 7) is 2.02. The Bertz CT molecular complexity index is 610. The third-order valence-corrected chi connectivity index (χ3v) is 2.97. The van der Waals surface area contributed by atoms with Gasteiger partial charge in [0.15, 0.2) is 5.69 Å². The number of nitrogens with zero attached hydrogens (tertiary/aromatic N) is 4. The van der Waals surface area contributed by atoms with Crippen molar-refractivity contribution >= 4 is 21.6 Å². The Kier molecular flexibility index (Phi) is 3.39. The van der Waals surface area contributed by atoms with Crippen LogP contribution in [0.15, 0.2) is 22.8 Å². The quantitative estimate of drug-likeness (QED) is 0.687. The summed E-state index contributed by atoms with van der Waals surface area (Å²) in [7, 11) is 0. The Morgan fingerprint density at radius 3 is 2.83 bits per heavy atom. The number of nitrogens with two attached hydrogens (primary N) is 1. The smallest absolute Gasteiger partial charge is 0.296 e. The van der Waals surface area contributed by atoms with Crippen LogP contribution in [0, 0.1) is 17.0 Å². The van der Waals surface area contributed by atoms with Crippen molar-refractivity contribution in [3.63, 3.8) is 0 Å². The van der Waals surface area contributed by atoms with Gasteiger partial charge < -0.3 is 5.73 Å². The van der Waals surface area contributed by atoms with E-state index in [4.69, 9.17) is 5.73 Å². The molecule has 18 heavy (non-hydrogen) atoms. The van der Waals surface area contributed by atoms with Gasteiger partial charge in [-0.15, -0.1) is 5.10 Å². The summed E-state index contributed by atoms with van der Waals surface area (Å²) in [6.07, 6.45) is 1.57. The second-order valence-corrected chi connectivity index (χ2v) is 4.58. The van der Waals surface area contributed by atoms with Gasteiger partial charge in [-0.2, -0.15) is 0 Å². The Morgan fingerprint density at radius 1 is 1.56 bits per heavy atom. The van der Waals surface area contributed by atoms with Crippen molar-refractivity contribution in [2.45, 2.75) is 13.5 Å². The molecule has 7 nitrogen and oxygen atoms in total. The first-order valence-corrected chi connectivity index (χ1v) is 5.88. The van der Waals surface area contributed by atoms with Gasteiger partial charge in [0, 0.05) is 12.6 Å². The van der Waals surface area contributed by atoms with Gasteiger partial charge in [-0.05, 0) is 34.5 Å². The predicted molar refractivity (Wildman–Crippen MR) is 68.3 cm³/mol. The van der Waals surface area contributed by atoms with E-state index in [9.17, 15) is 10.1 Å². The van der Waals surface area contributed by atoms with E-state index in [0.29, 0.717) is 15.9 Å². The zero-order chi connectivity index (χ0) is 13.3. The number of aryl methyl sites for hydroxylation is 1. The van der Waals surface area contributed by atoms with Crippen molar-refractivity contribution in [2.24, 2.45) is 5.73 Å². The molecule has 0 aliphatic carbocycles. The third-order valence-electron chi connectivity index (χ3n) is 2.36. The van der Waals surface area contributed by atoms with Gasteiger partial charge in [-0.3, -0.25) is 10.1 Å². The lowest BCUT2D eigenvalue weighted by molar-refractivity contribution is -0.384. The van der Waals surface area contributed by atoms with Gasteiger partial charge in [-0.25, -0.2) is 4.68 Å². The summed E-state index contributed by atoms with van der Waals surface area (Å²) < 4.78 is 1.94. The van der Waals surface area contributed by atoms with Crippen molar-refractivity contribution < 1.29 is 4.92 Å². The van der Waals surface area contributed by atoms with E-state index in [1.165, 1.54) is 10.7 Å². The topological polar surface area (TPSA) is 99.9 Å². The summed E-state index contributed by atoms with van der Waals surface area (Å²) in [5.74, 6) is 0. The second-order valence-electron chi connectivity index (χ2n) is 3.73. The van der Waals surface area contributed by atoms with Crippen LogP contribution < -0.4 is 5.73 Å². The van der Waals surface area contributed by atoms with Crippen LogP contribution in [0.1, 0.15) is 11.3 Å². The van der Waals surface area contributed by atoms with Crippen LogP contribution in [0.5, 0.6) is 0 Å². The number of nitro benzene ring substituents is 1. The number of benzene rings is 1. The van der Waals surface area contributed by atoms with Gasteiger partial charge in [0.05, 0.1) is 21.3 Å². The van der Waals surface area contributed by atoms with Gasteiger partial charge in [-0.1, -0.05) is 5.21 Å². The molecule has 0 atom stereocenters. The van der Waals surface area contributed by atoms with Gasteiger partial charge in [0.1, 0.15) is 0 Å². The highest BCUT2D eigenvalue weighted by Gasteiger charge is 2.20. The van der Waals surface area contributed by atoms with Crippen molar-refractivity contribution in [2.75, 3.05) is 0 Å². The fraction of sp³-hybridized carbons (Fsp3) is 0.200. The Balaban J connectivity index is 2.65. The normalized spacial score (nSPS) is 10.6. The molecule has 0 aliphatic heterocycles. The minimum atomic E-state index is -0.448. The first kappa shape index (κ1) is 12.7. The van der Waals surface area contributed by atoms with Gasteiger partial charge >= 0.3 is 0 Å². The molecule has 0 spiro atoms. The average Bonchev–Trinajstić information content (AvgIpc) is 2.76. The lowest BCUT2D eigenvalue weighted by atomic mass is 10.2. The standard InChI is InChI=1S/C10H10BrN5O2/c1-6-2-8(11)10(9(3-6)16(17)18)15-5-7(4-12)13-14-15/h2-3,5H,4,12H2,1H3. The molecule has 2 N–H and O–H groups in total. The summed E-state index contributed by atoms with van der Waals surface area (Å²) in [5.41, 5.74) is 7.11. The largest absolute Gasteiger partial charge is 0.325 e. The minimum Gasteiger partial charge on any atom is -0.325 e. The summed E-state index contributed by atoms with van der Waals surface area (Å²) >= 11 is 3.31. The van der Waals surface area contributed by atoms with E-state index in [0.717, 1.165) is 5.56 Å². The van der Waals surface area contributed by atoms with Crippen molar-refractivity contribution in [3.8, 4) is 5.69 Å². The van der Waals surface area contributed by atoms with Gasteiger partial charge in [0.2, 0.25) is 0 Å². The Labute approximate surface area is 111 Å². The Morgan fingerprint density at radius 2 is 2.28 bits per heavy atom. The van der Waals surface area contributed by atoms with Crippen molar-refractivity contribution in [3.05, 3.63) is 44.2 Å². The monoisotopic (exact) mass is 311 g/mol. The molecule has 0 saturated heterocycles. The van der Waals surface area contributed by atoms with E-state index in [-0.39, 0.29) is 12.2 Å². The molecule has 0 saturated carbocycles.